The van der Waals surface area contributed by atoms with Crippen molar-refractivity contribution in [3.8, 4) is 0 Å². The number of hydrazine groups is 1. The number of hydrogen-bond acceptors (Lipinski definition) is 9. The molecule has 2 aromatic carbocycles. The molecule has 0 aliphatic heterocycles. The molecule has 42 heavy (non-hydrogen) atoms. The lowest BCUT2D eigenvalue weighted by Crippen LogP contribution is -2.60. The SMILES string of the molecule is CC(=O)N(C)CC(=O)OCC(=O)OC(C)COC(=O)N(C(=O)c1ccc(Cl)cc1)N(C(=O)c1ccccc1)C(C)(C)C. The summed E-state index contributed by atoms with van der Waals surface area (Å²) in [6.07, 6.45) is -2.21. The first-order chi connectivity index (χ1) is 19.6. The number of rotatable bonds is 9. The predicted octanol–water partition coefficient (Wildman–Crippen LogP) is 3.73. The van der Waals surface area contributed by atoms with E-state index in [1.165, 1.54) is 45.2 Å². The maximum Gasteiger partial charge on any atom is 0.436 e. The fourth-order valence-electron chi connectivity index (χ4n) is 3.40. The molecule has 0 fully saturated rings. The molecule has 2 aromatic rings. The molecule has 0 saturated carbocycles. The van der Waals surface area contributed by atoms with Crippen LogP contribution in [0.1, 0.15) is 55.3 Å². The van der Waals surface area contributed by atoms with E-state index in [1.54, 1.807) is 51.1 Å². The third-order valence-electron chi connectivity index (χ3n) is 5.53. The highest BCUT2D eigenvalue weighted by Crippen LogP contribution is 2.24. The van der Waals surface area contributed by atoms with Gasteiger partial charge in [-0.25, -0.2) is 14.6 Å². The van der Waals surface area contributed by atoms with E-state index in [0.717, 1.165) is 9.91 Å². The van der Waals surface area contributed by atoms with Crippen molar-refractivity contribution in [2.75, 3.05) is 26.8 Å². The Labute approximate surface area is 249 Å². The summed E-state index contributed by atoms with van der Waals surface area (Å²) in [6.45, 7) is 6.04. The van der Waals surface area contributed by atoms with Crippen molar-refractivity contribution in [3.63, 3.8) is 0 Å². The molecule has 0 aromatic heterocycles. The van der Waals surface area contributed by atoms with Gasteiger partial charge >= 0.3 is 18.0 Å². The first-order valence-corrected chi connectivity index (χ1v) is 13.2. The molecule has 0 N–H and O–H groups in total. The molecule has 0 radical (unpaired) electrons. The first kappa shape index (κ1) is 33.8. The van der Waals surface area contributed by atoms with E-state index in [4.69, 9.17) is 25.8 Å². The second-order valence-corrected chi connectivity index (χ2v) is 10.6. The summed E-state index contributed by atoms with van der Waals surface area (Å²) in [6, 6.07) is 13.8. The van der Waals surface area contributed by atoms with Crippen molar-refractivity contribution < 1.29 is 43.0 Å². The van der Waals surface area contributed by atoms with Crippen LogP contribution in [0.15, 0.2) is 54.6 Å². The molecule has 0 aliphatic rings. The quantitative estimate of drug-likeness (QED) is 0.238. The van der Waals surface area contributed by atoms with E-state index in [0.29, 0.717) is 10.0 Å². The number of carbonyl (C=O) groups excluding carboxylic acids is 6. The normalized spacial score (nSPS) is 11.5. The first-order valence-electron chi connectivity index (χ1n) is 12.8. The van der Waals surface area contributed by atoms with Crippen LogP contribution in [-0.4, -0.2) is 89.1 Å². The van der Waals surface area contributed by atoms with Crippen LogP contribution in [-0.2, 0) is 28.6 Å². The molecular weight excluding hydrogens is 570 g/mol. The summed E-state index contributed by atoms with van der Waals surface area (Å²) in [5, 5.41) is 1.96. The summed E-state index contributed by atoms with van der Waals surface area (Å²) in [4.78, 5) is 76.9. The van der Waals surface area contributed by atoms with Crippen LogP contribution in [0.5, 0.6) is 0 Å². The molecular formula is C29H34ClN3O9. The number of hydrogen-bond donors (Lipinski definition) is 0. The van der Waals surface area contributed by atoms with Gasteiger partial charge < -0.3 is 19.1 Å². The minimum absolute atomic E-state index is 0.0585. The van der Waals surface area contributed by atoms with Gasteiger partial charge in [-0.05, 0) is 64.1 Å². The zero-order chi connectivity index (χ0) is 31.6. The van der Waals surface area contributed by atoms with E-state index >= 15 is 0 Å². The van der Waals surface area contributed by atoms with Crippen LogP contribution in [0.4, 0.5) is 4.79 Å². The third kappa shape index (κ3) is 9.88. The van der Waals surface area contributed by atoms with Gasteiger partial charge in [-0.1, -0.05) is 29.8 Å². The van der Waals surface area contributed by atoms with Crippen LogP contribution < -0.4 is 0 Å². The maximum atomic E-state index is 13.6. The Morgan fingerprint density at radius 1 is 0.833 bits per heavy atom. The number of likely N-dealkylation sites (N-methyl/N-ethyl adjacent to an activating group) is 1. The van der Waals surface area contributed by atoms with Gasteiger partial charge in [0.1, 0.15) is 19.3 Å². The average molecular weight is 604 g/mol. The summed E-state index contributed by atoms with van der Waals surface area (Å²) < 4.78 is 15.2. The number of imide groups is 1. The van der Waals surface area contributed by atoms with E-state index in [-0.39, 0.29) is 23.6 Å². The smallest absolute Gasteiger partial charge is 0.436 e. The van der Waals surface area contributed by atoms with E-state index < -0.39 is 54.7 Å². The third-order valence-corrected chi connectivity index (χ3v) is 5.79. The number of esters is 2. The molecule has 12 nitrogen and oxygen atoms in total. The Kier molecular flexibility index (Phi) is 12.0. The van der Waals surface area contributed by atoms with Crippen molar-refractivity contribution in [2.45, 2.75) is 46.3 Å². The fraction of sp³-hybridized carbons (Fsp3) is 0.379. The Morgan fingerprint density at radius 3 is 1.95 bits per heavy atom. The monoisotopic (exact) mass is 603 g/mol. The van der Waals surface area contributed by atoms with Crippen molar-refractivity contribution >= 4 is 47.4 Å². The zero-order valence-electron chi connectivity index (χ0n) is 24.3. The molecule has 1 unspecified atom stereocenters. The minimum Gasteiger partial charge on any atom is -0.457 e. The van der Waals surface area contributed by atoms with Crippen LogP contribution in [0.3, 0.4) is 0 Å². The number of ether oxygens (including phenoxy) is 3. The van der Waals surface area contributed by atoms with Gasteiger partial charge in [0.25, 0.3) is 11.8 Å². The van der Waals surface area contributed by atoms with Gasteiger partial charge in [0.15, 0.2) is 6.61 Å². The zero-order valence-corrected chi connectivity index (χ0v) is 25.0. The Balaban J connectivity index is 2.20. The van der Waals surface area contributed by atoms with Crippen LogP contribution in [0.2, 0.25) is 5.02 Å². The average Bonchev–Trinajstić information content (AvgIpc) is 2.93. The van der Waals surface area contributed by atoms with E-state index in [9.17, 15) is 28.8 Å². The van der Waals surface area contributed by atoms with Gasteiger partial charge in [-0.3, -0.25) is 19.2 Å². The molecule has 0 spiro atoms. The molecule has 226 valence electrons. The number of benzene rings is 2. The topological polar surface area (TPSA) is 140 Å². The van der Waals surface area contributed by atoms with Gasteiger partial charge in [-0.2, -0.15) is 0 Å². The lowest BCUT2D eigenvalue weighted by molar-refractivity contribution is -0.163. The molecule has 0 bridgehead atoms. The Morgan fingerprint density at radius 2 is 1.40 bits per heavy atom. The lowest BCUT2D eigenvalue weighted by atomic mass is 10.1. The predicted molar refractivity (Wildman–Crippen MR) is 151 cm³/mol. The number of carbonyl (C=O) groups is 6. The molecule has 13 heteroatoms. The highest BCUT2D eigenvalue weighted by atomic mass is 35.5. The van der Waals surface area contributed by atoms with E-state index in [1.807, 2.05) is 0 Å². The molecule has 1 atom stereocenters. The second-order valence-electron chi connectivity index (χ2n) is 10.2. The molecule has 4 amide bonds. The molecule has 0 saturated heterocycles. The number of nitrogens with zero attached hydrogens (tertiary/aromatic N) is 3. The van der Waals surface area contributed by atoms with Crippen LogP contribution >= 0.6 is 11.6 Å². The highest BCUT2D eigenvalue weighted by Gasteiger charge is 2.41. The van der Waals surface area contributed by atoms with Gasteiger partial charge in [0, 0.05) is 30.1 Å². The van der Waals surface area contributed by atoms with Crippen molar-refractivity contribution in [1.29, 1.82) is 0 Å². The lowest BCUT2D eigenvalue weighted by Gasteiger charge is -2.41. The minimum atomic E-state index is -1.20. The van der Waals surface area contributed by atoms with Crippen molar-refractivity contribution in [2.24, 2.45) is 0 Å². The summed E-state index contributed by atoms with van der Waals surface area (Å²) >= 11 is 5.96. The molecule has 2 rings (SSSR count). The Bertz CT molecular complexity index is 1290. The standard InChI is InChI=1S/C29H34ClN3O9/c1-19(42-25(36)18-40-24(35)16-31(6)20(2)34)17-41-28(39)32(26(37)22-12-14-23(30)15-13-22)33(29(3,4)5)27(38)21-10-8-7-9-11-21/h7-15,19H,16-18H2,1-6H3. The van der Waals surface area contributed by atoms with Crippen molar-refractivity contribution in [1.82, 2.24) is 14.9 Å². The van der Waals surface area contributed by atoms with Crippen LogP contribution in [0, 0.1) is 0 Å². The number of halogens is 1. The van der Waals surface area contributed by atoms with Gasteiger partial charge in [0.05, 0.1) is 5.54 Å². The van der Waals surface area contributed by atoms with Crippen LogP contribution in [0.25, 0.3) is 0 Å². The molecule has 0 aliphatic carbocycles. The van der Waals surface area contributed by atoms with Crippen molar-refractivity contribution in [3.05, 3.63) is 70.7 Å². The molecule has 0 heterocycles. The highest BCUT2D eigenvalue weighted by molar-refractivity contribution is 6.30. The Hall–Kier alpha value is -4.45. The van der Waals surface area contributed by atoms with Gasteiger partial charge in [0.2, 0.25) is 5.91 Å². The largest absolute Gasteiger partial charge is 0.457 e. The summed E-state index contributed by atoms with van der Waals surface area (Å²) in [5.41, 5.74) is -0.796. The summed E-state index contributed by atoms with van der Waals surface area (Å²) in [7, 11) is 1.40. The summed E-state index contributed by atoms with van der Waals surface area (Å²) in [5.74, 6) is -3.60. The fourth-order valence-corrected chi connectivity index (χ4v) is 3.53. The van der Waals surface area contributed by atoms with E-state index in [2.05, 4.69) is 0 Å². The second kappa shape index (κ2) is 15.0. The number of amides is 4. The van der Waals surface area contributed by atoms with Gasteiger partial charge in [-0.15, -0.1) is 5.01 Å². The maximum absolute atomic E-state index is 13.6.